The number of nitrogen functional groups attached to an aromatic ring is 1. The van der Waals surface area contributed by atoms with Crippen LogP contribution in [0.25, 0.3) is 11.4 Å². The van der Waals surface area contributed by atoms with Crippen LogP contribution in [0.2, 0.25) is 0 Å². The first-order valence-corrected chi connectivity index (χ1v) is 8.00. The molecule has 0 saturated heterocycles. The largest absolute Gasteiger partial charge is 0.492 e. The van der Waals surface area contributed by atoms with Gasteiger partial charge in [-0.2, -0.15) is 5.26 Å². The molecule has 0 radical (unpaired) electrons. The summed E-state index contributed by atoms with van der Waals surface area (Å²) in [5.74, 6) is 0.0908. The number of nitrogens with two attached hydrogens (primary N) is 1. The predicted molar refractivity (Wildman–Crippen MR) is 96.7 cm³/mol. The SMILES string of the molecule is CCOc1ccc(-n2cc(C#N)c(N)c2C(=O)OC)cc1-n1cccc1. The Morgan fingerprint density at radius 2 is 2.04 bits per heavy atom. The van der Waals surface area contributed by atoms with Gasteiger partial charge in [0.1, 0.15) is 11.8 Å². The van der Waals surface area contributed by atoms with E-state index in [4.69, 9.17) is 15.2 Å². The summed E-state index contributed by atoms with van der Waals surface area (Å²) in [5, 5.41) is 9.26. The lowest BCUT2D eigenvalue weighted by Crippen LogP contribution is -2.11. The number of rotatable bonds is 5. The number of ether oxygens (including phenoxy) is 2. The Hall–Kier alpha value is -3.66. The van der Waals surface area contributed by atoms with E-state index in [2.05, 4.69) is 0 Å². The number of nitrogens with zero attached hydrogens (tertiary/aromatic N) is 3. The topological polar surface area (TPSA) is 95.2 Å². The van der Waals surface area contributed by atoms with Crippen molar-refractivity contribution in [2.75, 3.05) is 19.5 Å². The summed E-state index contributed by atoms with van der Waals surface area (Å²) >= 11 is 0. The van der Waals surface area contributed by atoms with Crippen LogP contribution in [-0.4, -0.2) is 28.8 Å². The van der Waals surface area contributed by atoms with Crippen molar-refractivity contribution in [3.8, 4) is 23.2 Å². The van der Waals surface area contributed by atoms with Crippen LogP contribution in [0.1, 0.15) is 23.0 Å². The van der Waals surface area contributed by atoms with Gasteiger partial charge in [-0.05, 0) is 37.3 Å². The summed E-state index contributed by atoms with van der Waals surface area (Å²) in [6, 6.07) is 11.3. The first kappa shape index (κ1) is 17.2. The fourth-order valence-corrected chi connectivity index (χ4v) is 2.75. The normalized spacial score (nSPS) is 10.3. The second kappa shape index (κ2) is 7.07. The van der Waals surface area contributed by atoms with Gasteiger partial charge in [-0.25, -0.2) is 4.79 Å². The van der Waals surface area contributed by atoms with Gasteiger partial charge >= 0.3 is 5.97 Å². The molecule has 0 saturated carbocycles. The lowest BCUT2D eigenvalue weighted by atomic mass is 10.2. The Morgan fingerprint density at radius 1 is 1.31 bits per heavy atom. The number of hydrogen-bond donors (Lipinski definition) is 1. The van der Waals surface area contributed by atoms with E-state index < -0.39 is 5.97 Å². The zero-order valence-corrected chi connectivity index (χ0v) is 14.5. The number of benzene rings is 1. The molecule has 1 aromatic carbocycles. The minimum absolute atomic E-state index is 0.0933. The molecule has 0 fully saturated rings. The lowest BCUT2D eigenvalue weighted by Gasteiger charge is -2.15. The Bertz CT molecular complexity index is 981. The number of esters is 1. The molecule has 3 rings (SSSR count). The molecule has 0 bridgehead atoms. The van der Waals surface area contributed by atoms with Gasteiger partial charge < -0.3 is 24.3 Å². The summed E-state index contributed by atoms with van der Waals surface area (Å²) in [6.07, 6.45) is 5.32. The van der Waals surface area contributed by atoms with E-state index in [1.54, 1.807) is 10.6 Å². The third-order valence-electron chi connectivity index (χ3n) is 3.95. The van der Waals surface area contributed by atoms with E-state index >= 15 is 0 Å². The summed E-state index contributed by atoms with van der Waals surface area (Å²) < 4.78 is 14.0. The van der Waals surface area contributed by atoms with Crippen LogP contribution >= 0.6 is 0 Å². The molecule has 0 aliphatic carbocycles. The van der Waals surface area contributed by atoms with Crippen LogP contribution in [0.15, 0.2) is 48.9 Å². The molecule has 2 N–H and O–H groups in total. The molecule has 0 aliphatic rings. The van der Waals surface area contributed by atoms with E-state index in [9.17, 15) is 10.1 Å². The number of carbonyl (C=O) groups is 1. The fourth-order valence-electron chi connectivity index (χ4n) is 2.75. The number of carbonyl (C=O) groups excluding carboxylic acids is 1. The Labute approximate surface area is 150 Å². The molecule has 7 nitrogen and oxygen atoms in total. The number of anilines is 1. The third kappa shape index (κ3) is 2.89. The molecule has 0 spiro atoms. The minimum atomic E-state index is -0.611. The van der Waals surface area contributed by atoms with Gasteiger partial charge in [-0.1, -0.05) is 0 Å². The van der Waals surface area contributed by atoms with Gasteiger partial charge in [-0.3, -0.25) is 0 Å². The molecule has 0 aliphatic heterocycles. The second-order valence-electron chi connectivity index (χ2n) is 5.45. The zero-order chi connectivity index (χ0) is 18.7. The molecule has 2 aromatic heterocycles. The third-order valence-corrected chi connectivity index (χ3v) is 3.95. The quantitative estimate of drug-likeness (QED) is 0.714. The van der Waals surface area contributed by atoms with Crippen molar-refractivity contribution in [1.82, 2.24) is 9.13 Å². The highest BCUT2D eigenvalue weighted by Gasteiger charge is 2.22. The highest BCUT2D eigenvalue weighted by Crippen LogP contribution is 2.30. The van der Waals surface area contributed by atoms with Gasteiger partial charge in [-0.15, -0.1) is 0 Å². The standard InChI is InChI=1S/C19H18N4O3/c1-3-26-16-7-6-14(10-15(16)22-8-4-5-9-22)23-12-13(11-20)17(21)18(23)19(24)25-2/h4-10,12H,3,21H2,1-2H3. The van der Waals surface area contributed by atoms with Crippen molar-refractivity contribution < 1.29 is 14.3 Å². The van der Waals surface area contributed by atoms with Gasteiger partial charge in [0.25, 0.3) is 0 Å². The number of aromatic nitrogens is 2. The van der Waals surface area contributed by atoms with Crippen molar-refractivity contribution in [1.29, 1.82) is 5.26 Å². The predicted octanol–water partition coefficient (Wildman–Crippen LogP) is 2.91. The van der Waals surface area contributed by atoms with Gasteiger partial charge in [0.15, 0.2) is 5.69 Å². The van der Waals surface area contributed by atoms with Crippen molar-refractivity contribution >= 4 is 11.7 Å². The maximum atomic E-state index is 12.2. The zero-order valence-electron chi connectivity index (χ0n) is 14.5. The monoisotopic (exact) mass is 350 g/mol. The van der Waals surface area contributed by atoms with E-state index in [0.29, 0.717) is 18.0 Å². The highest BCUT2D eigenvalue weighted by molar-refractivity contribution is 5.96. The smallest absolute Gasteiger partial charge is 0.357 e. The van der Waals surface area contributed by atoms with Crippen LogP contribution in [-0.2, 0) is 4.74 Å². The lowest BCUT2D eigenvalue weighted by molar-refractivity contribution is 0.0593. The van der Waals surface area contributed by atoms with Crippen LogP contribution in [0, 0.1) is 11.3 Å². The van der Waals surface area contributed by atoms with Crippen LogP contribution in [0.3, 0.4) is 0 Å². The van der Waals surface area contributed by atoms with Crippen molar-refractivity contribution in [3.05, 3.63) is 60.2 Å². The Balaban J connectivity index is 2.21. The molecule has 0 amide bonds. The number of hydrogen-bond acceptors (Lipinski definition) is 5. The molecule has 0 unspecified atom stereocenters. The van der Waals surface area contributed by atoms with Gasteiger partial charge in [0, 0.05) is 24.3 Å². The molecular formula is C19H18N4O3. The highest BCUT2D eigenvalue weighted by atomic mass is 16.5. The van der Waals surface area contributed by atoms with E-state index in [0.717, 1.165) is 5.69 Å². The molecule has 26 heavy (non-hydrogen) atoms. The van der Waals surface area contributed by atoms with E-state index in [1.807, 2.05) is 54.2 Å². The summed E-state index contributed by atoms with van der Waals surface area (Å²) in [4.78, 5) is 12.2. The van der Waals surface area contributed by atoms with Crippen LogP contribution in [0.5, 0.6) is 5.75 Å². The molecule has 2 heterocycles. The van der Waals surface area contributed by atoms with Gasteiger partial charge in [0.05, 0.1) is 30.7 Å². The molecule has 7 heteroatoms. The van der Waals surface area contributed by atoms with Crippen molar-refractivity contribution in [2.24, 2.45) is 0 Å². The first-order chi connectivity index (χ1) is 12.6. The average molecular weight is 350 g/mol. The van der Waals surface area contributed by atoms with E-state index in [1.165, 1.54) is 13.3 Å². The van der Waals surface area contributed by atoms with Crippen molar-refractivity contribution in [2.45, 2.75) is 6.92 Å². The molecule has 0 atom stereocenters. The second-order valence-corrected chi connectivity index (χ2v) is 5.45. The van der Waals surface area contributed by atoms with Crippen molar-refractivity contribution in [3.63, 3.8) is 0 Å². The summed E-state index contributed by atoms with van der Waals surface area (Å²) in [7, 11) is 1.27. The molecule has 3 aromatic rings. The number of nitriles is 1. The Kier molecular flexibility index (Phi) is 4.67. The van der Waals surface area contributed by atoms with Gasteiger partial charge in [0.2, 0.25) is 0 Å². The minimum Gasteiger partial charge on any atom is -0.492 e. The molecular weight excluding hydrogens is 332 g/mol. The maximum Gasteiger partial charge on any atom is 0.357 e. The summed E-state index contributed by atoms with van der Waals surface area (Å²) in [5.41, 5.74) is 7.85. The number of methoxy groups -OCH3 is 1. The first-order valence-electron chi connectivity index (χ1n) is 8.00. The maximum absolute atomic E-state index is 12.2. The van der Waals surface area contributed by atoms with Crippen LogP contribution in [0.4, 0.5) is 5.69 Å². The Morgan fingerprint density at radius 3 is 2.65 bits per heavy atom. The van der Waals surface area contributed by atoms with E-state index in [-0.39, 0.29) is 16.9 Å². The molecule has 132 valence electrons. The summed E-state index contributed by atoms with van der Waals surface area (Å²) in [6.45, 7) is 2.44. The fraction of sp³-hybridized carbons (Fsp3) is 0.158. The average Bonchev–Trinajstić information content (AvgIpc) is 3.29. The van der Waals surface area contributed by atoms with Crippen LogP contribution < -0.4 is 10.5 Å².